The van der Waals surface area contributed by atoms with Crippen molar-refractivity contribution in [3.05, 3.63) is 53.8 Å². The van der Waals surface area contributed by atoms with E-state index < -0.39 is 5.82 Å². The van der Waals surface area contributed by atoms with E-state index in [0.717, 1.165) is 17.1 Å². The van der Waals surface area contributed by atoms with Crippen LogP contribution < -0.4 is 14.8 Å². The van der Waals surface area contributed by atoms with Gasteiger partial charge in [-0.2, -0.15) is 5.26 Å². The largest absolute Gasteiger partial charge is 0.486 e. The van der Waals surface area contributed by atoms with Crippen LogP contribution in [0.3, 0.4) is 0 Å². The second-order valence-corrected chi connectivity index (χ2v) is 6.95. The molecule has 0 bridgehead atoms. The van der Waals surface area contributed by atoms with E-state index >= 15 is 0 Å². The van der Waals surface area contributed by atoms with Crippen LogP contribution in [0.15, 0.2) is 47.5 Å². The zero-order valence-electron chi connectivity index (χ0n) is 14.6. The standard InChI is InChI=1S/C20H14FN3O3S/c21-14-2-1-3-15(8-14)23-19(25)11-28-20-13(10-22)6-12-7-17-18(9-16(12)24-20)27-5-4-26-17/h1-3,6-9H,4-5,11H2,(H,23,25). The molecule has 0 atom stereocenters. The van der Waals surface area contributed by atoms with Crippen LogP contribution in [-0.2, 0) is 4.79 Å². The number of nitriles is 1. The number of amides is 1. The molecule has 0 fully saturated rings. The Morgan fingerprint density at radius 2 is 2.00 bits per heavy atom. The number of pyridine rings is 1. The number of fused-ring (bicyclic) bond motifs is 2. The van der Waals surface area contributed by atoms with E-state index in [4.69, 9.17) is 9.47 Å². The summed E-state index contributed by atoms with van der Waals surface area (Å²) in [5.41, 5.74) is 1.39. The van der Waals surface area contributed by atoms with Gasteiger partial charge in [0.15, 0.2) is 11.5 Å². The van der Waals surface area contributed by atoms with Crippen LogP contribution >= 0.6 is 11.8 Å². The predicted octanol–water partition coefficient (Wildman–Crippen LogP) is 3.75. The molecule has 0 unspecified atom stereocenters. The Morgan fingerprint density at radius 3 is 2.75 bits per heavy atom. The van der Waals surface area contributed by atoms with E-state index in [1.165, 1.54) is 18.2 Å². The van der Waals surface area contributed by atoms with Gasteiger partial charge in [0.25, 0.3) is 0 Å². The lowest BCUT2D eigenvalue weighted by Crippen LogP contribution is -2.15. The summed E-state index contributed by atoms with van der Waals surface area (Å²) in [5, 5.41) is 13.3. The fourth-order valence-corrected chi connectivity index (χ4v) is 3.54. The molecule has 0 saturated heterocycles. The number of hydrogen-bond donors (Lipinski definition) is 1. The van der Waals surface area contributed by atoms with Crippen molar-refractivity contribution in [1.82, 2.24) is 4.98 Å². The summed E-state index contributed by atoms with van der Waals surface area (Å²) in [6.45, 7) is 0.946. The minimum Gasteiger partial charge on any atom is -0.486 e. The zero-order chi connectivity index (χ0) is 19.5. The van der Waals surface area contributed by atoms with Crippen LogP contribution in [0.5, 0.6) is 11.5 Å². The van der Waals surface area contributed by atoms with Crippen LogP contribution in [0, 0.1) is 17.1 Å². The number of carbonyl (C=O) groups is 1. The lowest BCUT2D eigenvalue weighted by atomic mass is 10.1. The number of nitrogens with one attached hydrogen (secondary N) is 1. The molecule has 1 aromatic heterocycles. The van der Waals surface area contributed by atoms with Crippen LogP contribution in [-0.4, -0.2) is 29.9 Å². The van der Waals surface area contributed by atoms with Crippen molar-refractivity contribution in [3.63, 3.8) is 0 Å². The molecule has 1 aliphatic rings. The number of carbonyl (C=O) groups excluding carboxylic acids is 1. The summed E-state index contributed by atoms with van der Waals surface area (Å²) in [4.78, 5) is 16.7. The fourth-order valence-electron chi connectivity index (χ4n) is 2.78. The molecule has 0 aliphatic carbocycles. The third-order valence-corrected chi connectivity index (χ3v) is 5.00. The molecule has 1 aliphatic heterocycles. The van der Waals surface area contributed by atoms with E-state index in [1.54, 1.807) is 24.3 Å². The highest BCUT2D eigenvalue weighted by Gasteiger charge is 2.16. The van der Waals surface area contributed by atoms with Gasteiger partial charge in [0.05, 0.1) is 16.8 Å². The molecular weight excluding hydrogens is 381 g/mol. The maximum atomic E-state index is 13.2. The number of thioether (sulfide) groups is 1. The van der Waals surface area contributed by atoms with E-state index in [9.17, 15) is 14.4 Å². The van der Waals surface area contributed by atoms with Gasteiger partial charge < -0.3 is 14.8 Å². The molecule has 3 aromatic rings. The van der Waals surface area contributed by atoms with E-state index in [0.29, 0.717) is 46.5 Å². The number of hydrogen-bond acceptors (Lipinski definition) is 6. The molecular formula is C20H14FN3O3S. The van der Waals surface area contributed by atoms with Gasteiger partial charge in [-0.3, -0.25) is 4.79 Å². The topological polar surface area (TPSA) is 84.2 Å². The molecule has 0 saturated carbocycles. The second kappa shape index (κ2) is 7.74. The maximum absolute atomic E-state index is 13.2. The van der Waals surface area contributed by atoms with Crippen LogP contribution in [0.4, 0.5) is 10.1 Å². The minimum atomic E-state index is -0.428. The average molecular weight is 395 g/mol. The van der Waals surface area contributed by atoms with Crippen molar-refractivity contribution in [1.29, 1.82) is 5.26 Å². The first-order valence-corrected chi connectivity index (χ1v) is 9.43. The predicted molar refractivity (Wildman–Crippen MR) is 103 cm³/mol. The van der Waals surface area contributed by atoms with Crippen LogP contribution in [0.25, 0.3) is 10.9 Å². The Balaban J connectivity index is 1.54. The SMILES string of the molecule is N#Cc1cc2cc3c(cc2nc1SCC(=O)Nc1cccc(F)c1)OCCO3. The molecule has 28 heavy (non-hydrogen) atoms. The monoisotopic (exact) mass is 395 g/mol. The van der Waals surface area contributed by atoms with Crippen molar-refractivity contribution < 1.29 is 18.7 Å². The molecule has 2 aromatic carbocycles. The van der Waals surface area contributed by atoms with Crippen molar-refractivity contribution >= 4 is 34.3 Å². The molecule has 0 radical (unpaired) electrons. The van der Waals surface area contributed by atoms with Crippen LogP contribution in [0.1, 0.15) is 5.56 Å². The summed E-state index contributed by atoms with van der Waals surface area (Å²) in [6.07, 6.45) is 0. The third kappa shape index (κ3) is 3.85. The van der Waals surface area contributed by atoms with E-state index in [2.05, 4.69) is 16.4 Å². The van der Waals surface area contributed by atoms with Gasteiger partial charge >= 0.3 is 0 Å². The minimum absolute atomic E-state index is 0.0360. The van der Waals surface area contributed by atoms with Gasteiger partial charge in [-0.05, 0) is 30.3 Å². The van der Waals surface area contributed by atoms with Gasteiger partial charge in [-0.1, -0.05) is 17.8 Å². The lowest BCUT2D eigenvalue weighted by Gasteiger charge is -2.18. The highest BCUT2D eigenvalue weighted by atomic mass is 32.2. The molecule has 4 rings (SSSR count). The number of ether oxygens (including phenoxy) is 2. The van der Waals surface area contributed by atoms with Crippen molar-refractivity contribution in [3.8, 4) is 17.6 Å². The summed E-state index contributed by atoms with van der Waals surface area (Å²) in [5.74, 6) is 0.524. The highest BCUT2D eigenvalue weighted by Crippen LogP contribution is 2.35. The van der Waals surface area contributed by atoms with Crippen molar-refractivity contribution in [2.24, 2.45) is 0 Å². The quantitative estimate of drug-likeness (QED) is 0.678. The molecule has 8 heteroatoms. The first kappa shape index (κ1) is 18.1. The Hall–Kier alpha value is -3.31. The molecule has 6 nitrogen and oxygen atoms in total. The first-order chi connectivity index (χ1) is 13.6. The summed E-state index contributed by atoms with van der Waals surface area (Å²) in [6, 6.07) is 13.0. The molecule has 140 valence electrons. The summed E-state index contributed by atoms with van der Waals surface area (Å²) >= 11 is 1.14. The Bertz CT molecular complexity index is 1110. The molecule has 1 amide bonds. The number of nitrogens with zero attached hydrogens (tertiary/aromatic N) is 2. The Kier molecular flexibility index (Phi) is 5.00. The van der Waals surface area contributed by atoms with Gasteiger partial charge in [0.2, 0.25) is 5.91 Å². The summed E-state index contributed by atoms with van der Waals surface area (Å²) in [7, 11) is 0. The van der Waals surface area contributed by atoms with Gasteiger partial charge in [0.1, 0.15) is 30.1 Å². The number of halogens is 1. The molecule has 1 N–H and O–H groups in total. The molecule has 2 heterocycles. The number of benzene rings is 2. The van der Waals surface area contributed by atoms with Gasteiger partial charge in [-0.15, -0.1) is 0 Å². The number of anilines is 1. The zero-order valence-corrected chi connectivity index (χ0v) is 15.4. The lowest BCUT2D eigenvalue weighted by molar-refractivity contribution is -0.113. The van der Waals surface area contributed by atoms with E-state index in [-0.39, 0.29) is 11.7 Å². The van der Waals surface area contributed by atoms with Crippen LogP contribution in [0.2, 0.25) is 0 Å². The maximum Gasteiger partial charge on any atom is 0.234 e. The smallest absolute Gasteiger partial charge is 0.234 e. The fraction of sp³-hybridized carbons (Fsp3) is 0.150. The second-order valence-electron chi connectivity index (χ2n) is 5.99. The normalized spacial score (nSPS) is 12.4. The van der Waals surface area contributed by atoms with Crippen molar-refractivity contribution in [2.45, 2.75) is 5.03 Å². The Labute approximate surface area is 164 Å². The highest BCUT2D eigenvalue weighted by molar-refractivity contribution is 8.00. The summed E-state index contributed by atoms with van der Waals surface area (Å²) < 4.78 is 24.3. The number of aromatic nitrogens is 1. The molecule has 0 spiro atoms. The van der Waals surface area contributed by atoms with Gasteiger partial charge in [-0.25, -0.2) is 9.37 Å². The Morgan fingerprint density at radius 1 is 1.21 bits per heavy atom. The van der Waals surface area contributed by atoms with Gasteiger partial charge in [0, 0.05) is 17.1 Å². The third-order valence-electron chi connectivity index (χ3n) is 4.01. The van der Waals surface area contributed by atoms with E-state index in [1.807, 2.05) is 0 Å². The van der Waals surface area contributed by atoms with Crippen molar-refractivity contribution in [2.75, 3.05) is 24.3 Å². The number of rotatable bonds is 4. The average Bonchev–Trinajstić information content (AvgIpc) is 2.70. The first-order valence-electron chi connectivity index (χ1n) is 8.45.